The van der Waals surface area contributed by atoms with E-state index in [-0.39, 0.29) is 21.8 Å². The van der Waals surface area contributed by atoms with E-state index < -0.39 is 10.5 Å². The quantitative estimate of drug-likeness (QED) is 0.298. The fraction of sp³-hybridized carbons (Fsp3) is 0.133. The molecular weight excluding hydrogens is 368 g/mol. The summed E-state index contributed by atoms with van der Waals surface area (Å²) in [6.45, 7) is 0. The summed E-state index contributed by atoms with van der Waals surface area (Å²) >= 11 is 7.48. The second-order valence-corrected chi connectivity index (χ2v) is 6.08. The summed E-state index contributed by atoms with van der Waals surface area (Å²) in [5.74, 6) is 0. The predicted octanol–water partition coefficient (Wildman–Crippen LogP) is 2.80. The average molecular weight is 379 g/mol. The molecule has 0 aliphatic heterocycles. The zero-order valence-electron chi connectivity index (χ0n) is 13.1. The smallest absolute Gasteiger partial charge is 0.293 e. The van der Waals surface area contributed by atoms with Crippen LogP contribution in [-0.4, -0.2) is 33.0 Å². The van der Waals surface area contributed by atoms with Crippen LogP contribution in [0.25, 0.3) is 22.2 Å². The van der Waals surface area contributed by atoms with Gasteiger partial charge in [-0.2, -0.15) is 0 Å². The zero-order valence-corrected chi connectivity index (χ0v) is 14.7. The first-order chi connectivity index (χ1) is 12.0. The maximum Gasteiger partial charge on any atom is 0.293 e. The summed E-state index contributed by atoms with van der Waals surface area (Å²) in [5, 5.41) is 12.3. The molecular formula is C15H11ClN4O4S. The van der Waals surface area contributed by atoms with E-state index >= 15 is 0 Å². The van der Waals surface area contributed by atoms with Crippen molar-refractivity contribution in [3.8, 4) is 11.1 Å². The van der Waals surface area contributed by atoms with Crippen LogP contribution in [0.3, 0.4) is 0 Å². The molecule has 0 radical (unpaired) electrons. The van der Waals surface area contributed by atoms with Gasteiger partial charge in [-0.25, -0.2) is 9.97 Å². The van der Waals surface area contributed by atoms with Gasteiger partial charge in [0.25, 0.3) is 11.2 Å². The molecule has 0 bridgehead atoms. The van der Waals surface area contributed by atoms with Crippen LogP contribution in [0.15, 0.2) is 40.4 Å². The summed E-state index contributed by atoms with van der Waals surface area (Å²) < 4.78 is 1.02. The molecule has 8 nitrogen and oxygen atoms in total. The van der Waals surface area contributed by atoms with Crippen LogP contribution in [0.4, 0.5) is 5.69 Å². The molecule has 2 aromatic heterocycles. The lowest BCUT2D eigenvalue weighted by molar-refractivity contribution is -0.384. The SMILES string of the molecule is COn1c(=O)c(-c2cc([N+](=O)[O-])ccc2Cl)cc2cnc(SC)nc21. The maximum absolute atomic E-state index is 12.8. The minimum absolute atomic E-state index is 0.156. The number of nitro benzene ring substituents is 1. The highest BCUT2D eigenvalue weighted by atomic mass is 35.5. The van der Waals surface area contributed by atoms with Gasteiger partial charge in [0, 0.05) is 34.3 Å². The molecule has 0 atom stereocenters. The highest BCUT2D eigenvalue weighted by molar-refractivity contribution is 7.98. The number of hydrogen-bond donors (Lipinski definition) is 0. The lowest BCUT2D eigenvalue weighted by Gasteiger charge is -2.11. The van der Waals surface area contributed by atoms with E-state index in [4.69, 9.17) is 16.4 Å². The van der Waals surface area contributed by atoms with Crippen molar-refractivity contribution in [2.45, 2.75) is 5.16 Å². The second-order valence-electron chi connectivity index (χ2n) is 4.90. The fourth-order valence-electron chi connectivity index (χ4n) is 2.35. The maximum atomic E-state index is 12.8. The van der Waals surface area contributed by atoms with E-state index in [9.17, 15) is 14.9 Å². The van der Waals surface area contributed by atoms with Crippen LogP contribution in [0.2, 0.25) is 5.02 Å². The lowest BCUT2D eigenvalue weighted by Crippen LogP contribution is -2.27. The first-order valence-electron chi connectivity index (χ1n) is 6.92. The Labute approximate surface area is 150 Å². The molecule has 0 N–H and O–H groups in total. The number of benzene rings is 1. The molecule has 10 heteroatoms. The molecule has 128 valence electrons. The van der Waals surface area contributed by atoms with Crippen molar-refractivity contribution in [1.82, 2.24) is 14.7 Å². The summed E-state index contributed by atoms with van der Waals surface area (Å²) in [7, 11) is 1.33. The number of non-ortho nitro benzene ring substituents is 1. The second kappa shape index (κ2) is 6.69. The minimum Gasteiger partial charge on any atom is -0.412 e. The lowest BCUT2D eigenvalue weighted by atomic mass is 10.1. The molecule has 3 rings (SSSR count). The average Bonchev–Trinajstić information content (AvgIpc) is 2.61. The Morgan fingerprint density at radius 1 is 1.32 bits per heavy atom. The van der Waals surface area contributed by atoms with Crippen molar-refractivity contribution < 1.29 is 9.76 Å². The number of nitrogens with zero attached hydrogens (tertiary/aromatic N) is 4. The third-order valence-corrected chi connectivity index (χ3v) is 4.39. The topological polar surface area (TPSA) is 100 Å². The molecule has 25 heavy (non-hydrogen) atoms. The van der Waals surface area contributed by atoms with Gasteiger partial charge in [0.2, 0.25) is 0 Å². The van der Waals surface area contributed by atoms with Crippen LogP contribution < -0.4 is 10.4 Å². The van der Waals surface area contributed by atoms with E-state index in [1.165, 1.54) is 37.1 Å². The van der Waals surface area contributed by atoms with E-state index in [2.05, 4.69) is 9.97 Å². The molecule has 0 fully saturated rings. The number of aromatic nitrogens is 3. The molecule has 3 aromatic rings. The molecule has 2 heterocycles. The standard InChI is InChI=1S/C15H11ClN4O4S/c1-24-19-13-8(7-17-15(18-13)25-2)5-11(14(19)21)10-6-9(20(22)23)3-4-12(10)16/h3-7H,1-2H3. The summed E-state index contributed by atoms with van der Waals surface area (Å²) in [5.41, 5.74) is 0.00297. The number of pyridine rings is 1. The van der Waals surface area contributed by atoms with Crippen molar-refractivity contribution in [1.29, 1.82) is 0 Å². The Hall–Kier alpha value is -2.65. The van der Waals surface area contributed by atoms with Gasteiger partial charge in [-0.05, 0) is 18.4 Å². The number of rotatable bonds is 4. The van der Waals surface area contributed by atoms with Crippen LogP contribution in [0.1, 0.15) is 0 Å². The first kappa shape index (κ1) is 17.2. The molecule has 0 unspecified atom stereocenters. The van der Waals surface area contributed by atoms with Crippen molar-refractivity contribution in [2.24, 2.45) is 0 Å². The number of halogens is 1. The number of hydrogen-bond acceptors (Lipinski definition) is 7. The van der Waals surface area contributed by atoms with E-state index in [1.807, 2.05) is 6.26 Å². The first-order valence-corrected chi connectivity index (χ1v) is 8.52. The third kappa shape index (κ3) is 3.03. The highest BCUT2D eigenvalue weighted by Gasteiger charge is 2.18. The number of thioether (sulfide) groups is 1. The summed E-state index contributed by atoms with van der Waals surface area (Å²) in [6, 6.07) is 5.45. The van der Waals surface area contributed by atoms with Crippen molar-refractivity contribution >= 4 is 40.1 Å². The highest BCUT2D eigenvalue weighted by Crippen LogP contribution is 2.31. The molecule has 1 aromatic carbocycles. The van der Waals surface area contributed by atoms with Gasteiger partial charge < -0.3 is 4.84 Å². The monoisotopic (exact) mass is 378 g/mol. The van der Waals surface area contributed by atoms with Crippen LogP contribution >= 0.6 is 23.4 Å². The largest absolute Gasteiger partial charge is 0.412 e. The van der Waals surface area contributed by atoms with Crippen LogP contribution in [-0.2, 0) is 0 Å². The van der Waals surface area contributed by atoms with E-state index in [1.54, 1.807) is 12.3 Å². The van der Waals surface area contributed by atoms with Gasteiger partial charge in [0.1, 0.15) is 7.11 Å². The zero-order chi connectivity index (χ0) is 18.1. The Balaban J connectivity index is 2.35. The molecule has 0 aliphatic carbocycles. The van der Waals surface area contributed by atoms with Gasteiger partial charge >= 0.3 is 0 Å². The Morgan fingerprint density at radius 2 is 2.08 bits per heavy atom. The Morgan fingerprint density at radius 3 is 2.72 bits per heavy atom. The van der Waals surface area contributed by atoms with Crippen molar-refractivity contribution in [2.75, 3.05) is 13.4 Å². The van der Waals surface area contributed by atoms with Crippen molar-refractivity contribution in [3.63, 3.8) is 0 Å². The van der Waals surface area contributed by atoms with Gasteiger partial charge in [-0.3, -0.25) is 14.9 Å². The molecule has 0 saturated carbocycles. The molecule has 0 amide bonds. The third-order valence-electron chi connectivity index (χ3n) is 3.50. The Kier molecular flexibility index (Phi) is 4.60. The summed E-state index contributed by atoms with van der Waals surface area (Å²) in [6.07, 6.45) is 3.37. The number of fused-ring (bicyclic) bond motifs is 1. The Bertz CT molecular complexity index is 1050. The van der Waals surface area contributed by atoms with E-state index in [0.29, 0.717) is 16.2 Å². The summed E-state index contributed by atoms with van der Waals surface area (Å²) in [4.78, 5) is 36.9. The van der Waals surface area contributed by atoms with Crippen LogP contribution in [0, 0.1) is 10.1 Å². The van der Waals surface area contributed by atoms with Gasteiger partial charge in [0.05, 0.1) is 10.5 Å². The van der Waals surface area contributed by atoms with Gasteiger partial charge in [0.15, 0.2) is 10.8 Å². The molecule has 0 spiro atoms. The number of nitro groups is 1. The predicted molar refractivity (Wildman–Crippen MR) is 95.2 cm³/mol. The van der Waals surface area contributed by atoms with Gasteiger partial charge in [-0.1, -0.05) is 23.4 Å². The van der Waals surface area contributed by atoms with Gasteiger partial charge in [-0.15, -0.1) is 4.73 Å². The minimum atomic E-state index is -0.552. The van der Waals surface area contributed by atoms with Crippen molar-refractivity contribution in [3.05, 3.63) is 56.0 Å². The molecule has 0 aliphatic rings. The van der Waals surface area contributed by atoms with Crippen LogP contribution in [0.5, 0.6) is 0 Å². The molecule has 0 saturated heterocycles. The normalized spacial score (nSPS) is 10.8. The fourth-order valence-corrected chi connectivity index (χ4v) is 2.90. The van der Waals surface area contributed by atoms with E-state index in [0.717, 1.165) is 4.73 Å².